The highest BCUT2D eigenvalue weighted by atomic mass is 16.6. The van der Waals surface area contributed by atoms with Crippen LogP contribution in [0.25, 0.3) is 0 Å². The quantitative estimate of drug-likeness (QED) is 0.0500. The van der Waals surface area contributed by atoms with E-state index in [1.165, 1.54) is 64.5 Å². The highest BCUT2D eigenvalue weighted by molar-refractivity contribution is 5.98. The van der Waals surface area contributed by atoms with Crippen molar-refractivity contribution in [1.29, 1.82) is 0 Å². The summed E-state index contributed by atoms with van der Waals surface area (Å²) in [6, 6.07) is 0. The summed E-state index contributed by atoms with van der Waals surface area (Å²) in [5, 5.41) is 23.5. The molecule has 59 heavy (non-hydrogen) atoms. The van der Waals surface area contributed by atoms with Crippen molar-refractivity contribution in [2.75, 3.05) is 0 Å². The number of rotatable bonds is 21. The predicted molar refractivity (Wildman–Crippen MR) is 231 cm³/mol. The van der Waals surface area contributed by atoms with Gasteiger partial charge in [-0.3, -0.25) is 24.0 Å². The van der Waals surface area contributed by atoms with Gasteiger partial charge in [-0.15, -0.1) is 0 Å². The molecule has 4 rings (SSSR count). The lowest BCUT2D eigenvalue weighted by atomic mass is 9.38. The fraction of sp³-hybridized carbons (Fsp3) is 0.780. The second kappa shape index (κ2) is 19.4. The Labute approximate surface area is 355 Å². The molecule has 0 aromatic heterocycles. The van der Waals surface area contributed by atoms with Crippen molar-refractivity contribution < 1.29 is 43.7 Å². The molecule has 4 aliphatic rings. The first-order chi connectivity index (χ1) is 27.5. The Bertz CT molecular complexity index is 1630. The van der Waals surface area contributed by atoms with E-state index in [0.29, 0.717) is 19.3 Å². The molecule has 0 radical (unpaired) electrons. The smallest absolute Gasteiger partial charge is 0.306 e. The van der Waals surface area contributed by atoms with Gasteiger partial charge >= 0.3 is 11.9 Å². The minimum absolute atomic E-state index is 0.0315. The first-order valence-electron chi connectivity index (χ1n) is 23.0. The van der Waals surface area contributed by atoms with Crippen LogP contribution >= 0.6 is 0 Å². The molecule has 0 spiro atoms. The lowest BCUT2D eigenvalue weighted by molar-refractivity contribution is -0.185. The molecule has 332 valence electrons. The molecule has 0 aromatic carbocycles. The highest BCUT2D eigenvalue weighted by Crippen LogP contribution is 2.74. The van der Waals surface area contributed by atoms with Crippen LogP contribution in [0.1, 0.15) is 185 Å². The molecule has 0 amide bonds. The SMILES string of the molecule is CCCCCCCCC=CCCCCCCCC(=O)OC1CC2(C)C3CC=C4C(CC(O)C(=O)C4(C)C)C3(C)C(=O)CC2(C)C1C(C)(O)C(=O)C=CC(C)(C)OC(C)=O. The Morgan fingerprint density at radius 3 is 2.03 bits per heavy atom. The Morgan fingerprint density at radius 1 is 0.864 bits per heavy atom. The van der Waals surface area contributed by atoms with Crippen LogP contribution in [0.4, 0.5) is 0 Å². The molecular weight excluding hydrogens is 745 g/mol. The van der Waals surface area contributed by atoms with Crippen LogP contribution in [0.2, 0.25) is 0 Å². The van der Waals surface area contributed by atoms with Crippen LogP contribution in [0.15, 0.2) is 36.0 Å². The molecule has 0 bridgehead atoms. The van der Waals surface area contributed by atoms with Gasteiger partial charge in [0.2, 0.25) is 0 Å². The number of carbonyl (C=O) groups excluding carboxylic acids is 5. The zero-order valence-electron chi connectivity index (χ0n) is 38.3. The maximum Gasteiger partial charge on any atom is 0.306 e. The monoisotopic (exact) mass is 823 g/mol. The Morgan fingerprint density at radius 2 is 1.44 bits per heavy atom. The van der Waals surface area contributed by atoms with Gasteiger partial charge in [0.25, 0.3) is 0 Å². The molecule has 3 fully saturated rings. The van der Waals surface area contributed by atoms with Gasteiger partial charge in [-0.25, -0.2) is 0 Å². The maximum atomic E-state index is 14.9. The second-order valence-electron chi connectivity index (χ2n) is 20.5. The summed E-state index contributed by atoms with van der Waals surface area (Å²) in [7, 11) is 0. The topological polar surface area (TPSA) is 144 Å². The largest absolute Gasteiger partial charge is 0.462 e. The van der Waals surface area contributed by atoms with Crippen molar-refractivity contribution in [3.8, 4) is 0 Å². The summed E-state index contributed by atoms with van der Waals surface area (Å²) < 4.78 is 11.7. The van der Waals surface area contributed by atoms with Crippen LogP contribution in [-0.2, 0) is 33.4 Å². The number of unbranched alkanes of at least 4 members (excludes halogenated alkanes) is 11. The zero-order valence-corrected chi connectivity index (χ0v) is 38.3. The molecular formula is C50H78O9. The molecule has 0 aliphatic heterocycles. The average Bonchev–Trinajstić information content (AvgIpc) is 3.36. The van der Waals surface area contributed by atoms with Gasteiger partial charge in [0.1, 0.15) is 29.2 Å². The Hall–Kier alpha value is -2.91. The van der Waals surface area contributed by atoms with Crippen molar-refractivity contribution in [1.82, 2.24) is 0 Å². The number of hydrogen-bond donors (Lipinski definition) is 2. The van der Waals surface area contributed by atoms with E-state index in [0.717, 1.165) is 44.1 Å². The number of aliphatic hydroxyl groups excluding tert-OH is 1. The van der Waals surface area contributed by atoms with Gasteiger partial charge in [-0.1, -0.05) is 103 Å². The average molecular weight is 823 g/mol. The Kier molecular flexibility index (Phi) is 16.1. The number of fused-ring (bicyclic) bond motifs is 5. The molecule has 0 heterocycles. The summed E-state index contributed by atoms with van der Waals surface area (Å²) in [4.78, 5) is 67.6. The minimum atomic E-state index is -2.05. The number of ketones is 3. The molecule has 4 aliphatic carbocycles. The van der Waals surface area contributed by atoms with Gasteiger partial charge in [0.15, 0.2) is 11.6 Å². The lowest BCUT2D eigenvalue weighted by Gasteiger charge is -2.64. The summed E-state index contributed by atoms with van der Waals surface area (Å²) in [6.45, 7) is 18.0. The first kappa shape index (κ1) is 48.8. The van der Waals surface area contributed by atoms with Crippen molar-refractivity contribution in [3.05, 3.63) is 36.0 Å². The molecule has 0 aromatic rings. The molecule has 9 heteroatoms. The molecule has 9 unspecified atom stereocenters. The summed E-state index contributed by atoms with van der Waals surface area (Å²) in [6.07, 6.45) is 23.5. The highest BCUT2D eigenvalue weighted by Gasteiger charge is 2.75. The normalized spacial score (nSPS) is 32.6. The third-order valence-electron chi connectivity index (χ3n) is 15.5. The van der Waals surface area contributed by atoms with Crippen molar-refractivity contribution in [2.24, 2.45) is 39.4 Å². The number of aliphatic hydroxyl groups is 2. The first-order valence-corrected chi connectivity index (χ1v) is 23.0. The van der Waals surface area contributed by atoms with E-state index >= 15 is 0 Å². The second-order valence-corrected chi connectivity index (χ2v) is 20.5. The van der Waals surface area contributed by atoms with Gasteiger partial charge in [0, 0.05) is 36.5 Å². The van der Waals surface area contributed by atoms with Crippen LogP contribution in [-0.4, -0.2) is 62.9 Å². The molecule has 9 nitrogen and oxygen atoms in total. The molecule has 0 saturated heterocycles. The van der Waals surface area contributed by atoms with E-state index in [2.05, 4.69) is 32.1 Å². The van der Waals surface area contributed by atoms with Crippen molar-refractivity contribution in [3.63, 3.8) is 0 Å². The number of ether oxygens (including phenoxy) is 2. The van der Waals surface area contributed by atoms with Gasteiger partial charge < -0.3 is 19.7 Å². The van der Waals surface area contributed by atoms with Crippen LogP contribution in [0.3, 0.4) is 0 Å². The number of esters is 2. The zero-order chi connectivity index (χ0) is 44.0. The van der Waals surface area contributed by atoms with E-state index in [1.54, 1.807) is 13.8 Å². The van der Waals surface area contributed by atoms with E-state index in [9.17, 15) is 34.2 Å². The summed E-state index contributed by atoms with van der Waals surface area (Å²) in [5.41, 5.74) is -5.76. The fourth-order valence-corrected chi connectivity index (χ4v) is 12.0. The van der Waals surface area contributed by atoms with Gasteiger partial charge in [0.05, 0.1) is 0 Å². The third kappa shape index (κ3) is 10.2. The van der Waals surface area contributed by atoms with E-state index in [4.69, 9.17) is 9.47 Å². The molecule has 9 atom stereocenters. The van der Waals surface area contributed by atoms with Crippen LogP contribution in [0, 0.1) is 39.4 Å². The van der Waals surface area contributed by atoms with Crippen LogP contribution in [0.5, 0.6) is 0 Å². The van der Waals surface area contributed by atoms with Crippen LogP contribution < -0.4 is 0 Å². The third-order valence-corrected chi connectivity index (χ3v) is 15.5. The fourth-order valence-electron chi connectivity index (χ4n) is 12.0. The van der Waals surface area contributed by atoms with Crippen molar-refractivity contribution >= 4 is 29.3 Å². The number of carbonyl (C=O) groups is 5. The lowest BCUT2D eigenvalue weighted by Crippen LogP contribution is -2.65. The summed E-state index contributed by atoms with van der Waals surface area (Å²) in [5.74, 6) is -3.35. The van der Waals surface area contributed by atoms with Crippen molar-refractivity contribution in [2.45, 2.75) is 208 Å². The number of hydrogen-bond acceptors (Lipinski definition) is 9. The van der Waals surface area contributed by atoms with E-state index in [1.807, 2.05) is 27.7 Å². The van der Waals surface area contributed by atoms with E-state index < -0.39 is 62.7 Å². The molecule has 3 saturated carbocycles. The minimum Gasteiger partial charge on any atom is -0.462 e. The summed E-state index contributed by atoms with van der Waals surface area (Å²) >= 11 is 0. The number of Topliss-reactive ketones (excluding diaryl/α,β-unsaturated/α-hetero) is 2. The standard InChI is InChI=1S/C50H78O9/c1-11-12-13-14-15-16-17-18-19-20-21-22-23-24-25-26-42(55)58-38-32-47(7)39-28-27-35-36(31-37(52)44(56)46(35,5)6)49(39,9)41(54)33-48(47,8)43(38)50(10,57)40(53)29-30-45(3,4)59-34(2)51/h18-19,27,29-30,36-39,43,52,57H,11-17,20-26,28,31-33H2,1-10H3. The number of allylic oxidation sites excluding steroid dienone is 4. The Balaban J connectivity index is 1.51. The predicted octanol–water partition coefficient (Wildman–Crippen LogP) is 10.1. The van der Waals surface area contributed by atoms with Gasteiger partial charge in [-0.05, 0) is 121 Å². The van der Waals surface area contributed by atoms with E-state index in [-0.39, 0.29) is 48.6 Å². The van der Waals surface area contributed by atoms with Gasteiger partial charge in [-0.2, -0.15) is 0 Å². The molecule has 2 N–H and O–H groups in total. The maximum absolute atomic E-state index is 14.9.